The highest BCUT2D eigenvalue weighted by molar-refractivity contribution is 7.80. The Labute approximate surface area is 302 Å². The summed E-state index contributed by atoms with van der Waals surface area (Å²) in [6.45, 7) is 16.8. The Hall–Kier alpha value is -3.64. The molecule has 0 radical (unpaired) electrons. The molecule has 0 saturated carbocycles. The van der Waals surface area contributed by atoms with Crippen molar-refractivity contribution in [1.82, 2.24) is 25.4 Å². The lowest BCUT2D eigenvalue weighted by atomic mass is 9.94. The summed E-state index contributed by atoms with van der Waals surface area (Å²) in [5, 5.41) is 6.03. The van der Waals surface area contributed by atoms with Gasteiger partial charge in [-0.25, -0.2) is 0 Å². The van der Waals surface area contributed by atoms with Crippen molar-refractivity contribution in [2.75, 3.05) is 69.7 Å². The van der Waals surface area contributed by atoms with Crippen LogP contribution in [-0.2, 0) is 22.6 Å². The summed E-state index contributed by atoms with van der Waals surface area (Å²) in [4.78, 5) is 48.4. The standard InChI is InChI=1S/C39H54N6O4S/c1-5-45(33-10-19-49-20-11-33)36-24-32(23-34(29(36)4)38(47)41-25-35-27(2)22-28(3)42-39(35)48)31-8-6-30(7-9-31)26-44-17-15-43(16-18-44)14-13-40-37(46)12-21-50/h6-9,22-24,33,50H,5,10-21,25-26H2,1-4H3,(H,40,46)(H,41,47)(H,42,48). The number of nitrogens with one attached hydrogen (secondary N) is 3. The average Bonchev–Trinajstić information content (AvgIpc) is 3.10. The summed E-state index contributed by atoms with van der Waals surface area (Å²) in [6, 6.07) is 15.2. The Kier molecular flexibility index (Phi) is 13.6. The van der Waals surface area contributed by atoms with Gasteiger partial charge in [-0.15, -0.1) is 0 Å². The number of hydrogen-bond donors (Lipinski definition) is 4. The topological polar surface area (TPSA) is 110 Å². The van der Waals surface area contributed by atoms with Crippen molar-refractivity contribution in [3.05, 3.63) is 86.3 Å². The van der Waals surface area contributed by atoms with Gasteiger partial charge < -0.3 is 25.3 Å². The monoisotopic (exact) mass is 702 g/mol. The van der Waals surface area contributed by atoms with E-state index in [1.165, 1.54) is 5.56 Å². The van der Waals surface area contributed by atoms with E-state index in [1.807, 2.05) is 32.9 Å². The molecule has 2 aliphatic rings. The quantitative estimate of drug-likeness (QED) is 0.184. The SMILES string of the molecule is CCN(c1cc(-c2ccc(CN3CCN(CCNC(=O)CCS)CC3)cc2)cc(C(=O)NCc2c(C)cc(C)[nH]c2=O)c1C)C1CCOCC1. The molecule has 2 fully saturated rings. The predicted octanol–water partition coefficient (Wildman–Crippen LogP) is 4.46. The van der Waals surface area contributed by atoms with E-state index in [4.69, 9.17) is 4.74 Å². The van der Waals surface area contributed by atoms with E-state index in [0.29, 0.717) is 35.9 Å². The van der Waals surface area contributed by atoms with Gasteiger partial charge in [-0.05, 0) is 92.3 Å². The normalized spacial score (nSPS) is 15.9. The Morgan fingerprint density at radius 2 is 1.66 bits per heavy atom. The van der Waals surface area contributed by atoms with Crippen molar-refractivity contribution >= 4 is 30.1 Å². The Morgan fingerprint density at radius 3 is 2.32 bits per heavy atom. The largest absolute Gasteiger partial charge is 0.381 e. The van der Waals surface area contributed by atoms with E-state index in [0.717, 1.165) is 106 Å². The number of nitrogens with zero attached hydrogens (tertiary/aromatic N) is 3. The third kappa shape index (κ3) is 9.78. The van der Waals surface area contributed by atoms with Crippen LogP contribution in [0.3, 0.4) is 0 Å². The van der Waals surface area contributed by atoms with Gasteiger partial charge in [-0.1, -0.05) is 24.3 Å². The van der Waals surface area contributed by atoms with Crippen molar-refractivity contribution in [2.24, 2.45) is 0 Å². The number of carbonyl (C=O) groups excluding carboxylic acids is 2. The molecule has 50 heavy (non-hydrogen) atoms. The minimum Gasteiger partial charge on any atom is -0.381 e. The fourth-order valence-corrected chi connectivity index (χ4v) is 7.37. The molecule has 0 spiro atoms. The van der Waals surface area contributed by atoms with Crippen LogP contribution in [-0.4, -0.2) is 97.4 Å². The molecule has 2 aromatic carbocycles. The maximum absolute atomic E-state index is 13.9. The van der Waals surface area contributed by atoms with Crippen LogP contribution in [0.2, 0.25) is 0 Å². The molecule has 2 aliphatic heterocycles. The minimum absolute atomic E-state index is 0.0661. The van der Waals surface area contributed by atoms with Crippen LogP contribution in [0.25, 0.3) is 11.1 Å². The number of piperazine rings is 1. The molecule has 0 atom stereocenters. The molecule has 2 amide bonds. The van der Waals surface area contributed by atoms with Crippen LogP contribution in [0.15, 0.2) is 47.3 Å². The van der Waals surface area contributed by atoms with Gasteiger partial charge in [-0.2, -0.15) is 12.6 Å². The van der Waals surface area contributed by atoms with Crippen LogP contribution in [0, 0.1) is 20.8 Å². The first-order chi connectivity index (χ1) is 24.2. The molecular formula is C39H54N6O4S. The first kappa shape index (κ1) is 37.6. The van der Waals surface area contributed by atoms with Crippen molar-refractivity contribution in [3.8, 4) is 11.1 Å². The molecule has 0 aliphatic carbocycles. The van der Waals surface area contributed by atoms with Crippen LogP contribution in [0.5, 0.6) is 0 Å². The van der Waals surface area contributed by atoms with Gasteiger partial charge in [0.1, 0.15) is 0 Å². The Bertz CT molecular complexity index is 1660. The van der Waals surface area contributed by atoms with Gasteiger partial charge >= 0.3 is 0 Å². The van der Waals surface area contributed by atoms with E-state index < -0.39 is 0 Å². The second-order valence-electron chi connectivity index (χ2n) is 13.6. The second kappa shape index (κ2) is 18.0. The third-order valence-electron chi connectivity index (χ3n) is 10.1. The highest BCUT2D eigenvalue weighted by Gasteiger charge is 2.25. The highest BCUT2D eigenvalue weighted by Crippen LogP contribution is 2.34. The molecule has 10 nitrogen and oxygen atoms in total. The molecule has 2 saturated heterocycles. The number of pyridine rings is 1. The highest BCUT2D eigenvalue weighted by atomic mass is 32.1. The maximum atomic E-state index is 13.9. The zero-order valence-electron chi connectivity index (χ0n) is 30.1. The number of ether oxygens (including phenoxy) is 1. The smallest absolute Gasteiger partial charge is 0.253 e. The fraction of sp³-hybridized carbons (Fsp3) is 0.513. The minimum atomic E-state index is -0.191. The molecule has 270 valence electrons. The Balaban J connectivity index is 1.31. The van der Waals surface area contributed by atoms with Gasteiger partial charge in [0.25, 0.3) is 11.5 Å². The first-order valence-electron chi connectivity index (χ1n) is 18.0. The lowest BCUT2D eigenvalue weighted by Crippen LogP contribution is -2.48. The zero-order valence-corrected chi connectivity index (χ0v) is 31.0. The summed E-state index contributed by atoms with van der Waals surface area (Å²) in [7, 11) is 0. The number of carbonyl (C=O) groups is 2. The molecule has 5 rings (SSSR count). The molecule has 3 N–H and O–H groups in total. The number of anilines is 1. The molecule has 0 bridgehead atoms. The summed E-state index contributed by atoms with van der Waals surface area (Å²) in [5.41, 5.74) is 7.99. The molecular weight excluding hydrogens is 649 g/mol. The van der Waals surface area contributed by atoms with Crippen molar-refractivity contribution < 1.29 is 14.3 Å². The van der Waals surface area contributed by atoms with Crippen molar-refractivity contribution in [3.63, 3.8) is 0 Å². The van der Waals surface area contributed by atoms with Gasteiger partial charge in [0, 0.05) is 107 Å². The van der Waals surface area contributed by atoms with Gasteiger partial charge in [0.2, 0.25) is 5.91 Å². The van der Waals surface area contributed by atoms with E-state index in [1.54, 1.807) is 0 Å². The van der Waals surface area contributed by atoms with Gasteiger partial charge in [0.15, 0.2) is 0 Å². The maximum Gasteiger partial charge on any atom is 0.253 e. The van der Waals surface area contributed by atoms with Gasteiger partial charge in [-0.3, -0.25) is 24.2 Å². The number of aromatic amines is 1. The second-order valence-corrected chi connectivity index (χ2v) is 14.0. The van der Waals surface area contributed by atoms with Crippen LogP contribution in [0.4, 0.5) is 5.69 Å². The van der Waals surface area contributed by atoms with E-state index in [2.05, 4.69) is 80.2 Å². The number of benzene rings is 2. The van der Waals surface area contributed by atoms with Crippen molar-refractivity contribution in [1.29, 1.82) is 0 Å². The van der Waals surface area contributed by atoms with Gasteiger partial charge in [0.05, 0.1) is 0 Å². The number of aromatic nitrogens is 1. The lowest BCUT2D eigenvalue weighted by Gasteiger charge is -2.37. The predicted molar refractivity (Wildman–Crippen MR) is 204 cm³/mol. The molecule has 3 aromatic rings. The molecule has 0 unspecified atom stereocenters. The number of aryl methyl sites for hydroxylation is 2. The number of H-pyrrole nitrogens is 1. The van der Waals surface area contributed by atoms with Crippen LogP contribution < -0.4 is 21.1 Å². The van der Waals surface area contributed by atoms with Crippen molar-refractivity contribution in [2.45, 2.75) is 66.1 Å². The first-order valence-corrected chi connectivity index (χ1v) is 18.7. The summed E-state index contributed by atoms with van der Waals surface area (Å²) >= 11 is 4.13. The average molecular weight is 703 g/mol. The zero-order chi connectivity index (χ0) is 35.6. The molecule has 1 aromatic heterocycles. The fourth-order valence-electron chi connectivity index (χ4n) is 7.16. The number of hydrogen-bond acceptors (Lipinski definition) is 8. The number of rotatable bonds is 14. The Morgan fingerprint density at radius 1 is 0.960 bits per heavy atom. The summed E-state index contributed by atoms with van der Waals surface area (Å²) < 4.78 is 5.68. The van der Waals surface area contributed by atoms with Crippen LogP contribution >= 0.6 is 12.6 Å². The third-order valence-corrected chi connectivity index (χ3v) is 10.3. The summed E-state index contributed by atoms with van der Waals surface area (Å²) in [5.74, 6) is 0.447. The van der Waals surface area contributed by atoms with E-state index >= 15 is 0 Å². The number of thiol groups is 1. The lowest BCUT2D eigenvalue weighted by molar-refractivity contribution is -0.120. The summed E-state index contributed by atoms with van der Waals surface area (Å²) in [6.07, 6.45) is 2.36. The number of amides is 2. The van der Waals surface area contributed by atoms with E-state index in [-0.39, 0.29) is 23.9 Å². The van der Waals surface area contributed by atoms with Crippen LogP contribution in [0.1, 0.15) is 64.5 Å². The molecule has 3 heterocycles. The van der Waals surface area contributed by atoms with E-state index in [9.17, 15) is 14.4 Å². The molecule has 11 heteroatoms.